The third-order valence-electron chi connectivity index (χ3n) is 4.61. The Kier molecular flexibility index (Phi) is 4.14. The number of hydrogen-bond acceptors (Lipinski definition) is 2. The molecule has 0 unspecified atom stereocenters. The van der Waals surface area contributed by atoms with E-state index in [4.69, 9.17) is 0 Å². The molecule has 1 heterocycles. The molecule has 0 bridgehead atoms. The lowest BCUT2D eigenvalue weighted by Crippen LogP contribution is -2.39. The Bertz CT molecular complexity index is 436. The third kappa shape index (κ3) is 2.92. The molecule has 0 aromatic heterocycles. The van der Waals surface area contributed by atoms with Gasteiger partial charge < -0.3 is 10.0 Å². The fourth-order valence-electron chi connectivity index (χ4n) is 2.83. The quantitative estimate of drug-likeness (QED) is 0.896. The maximum atomic E-state index is 14.1. The number of benzene rings is 1. The molecule has 2 rings (SSSR count). The maximum absolute atomic E-state index is 14.1. The molecule has 1 aliphatic rings. The molecule has 0 spiro atoms. The first-order chi connectivity index (χ1) is 8.97. The largest absolute Gasteiger partial charge is 0.389 e. The zero-order chi connectivity index (χ0) is 14.0. The molecular formula is C16H24FNO. The average Bonchev–Trinajstić information content (AvgIpc) is 2.40. The molecule has 1 atom stereocenters. The number of para-hydroxylation sites is 1. The molecule has 1 aliphatic heterocycles. The van der Waals surface area contributed by atoms with Crippen LogP contribution in [0.1, 0.15) is 51.7 Å². The monoisotopic (exact) mass is 265 g/mol. The Balaban J connectivity index is 2.24. The van der Waals surface area contributed by atoms with Crippen LogP contribution in [0.2, 0.25) is 0 Å². The van der Waals surface area contributed by atoms with Gasteiger partial charge in [0.15, 0.2) is 0 Å². The van der Waals surface area contributed by atoms with Crippen LogP contribution >= 0.6 is 0 Å². The van der Waals surface area contributed by atoms with Crippen molar-refractivity contribution in [1.29, 1.82) is 0 Å². The van der Waals surface area contributed by atoms with E-state index in [2.05, 4.69) is 18.7 Å². The average molecular weight is 265 g/mol. The van der Waals surface area contributed by atoms with Crippen molar-refractivity contribution in [2.75, 3.05) is 18.0 Å². The van der Waals surface area contributed by atoms with Gasteiger partial charge >= 0.3 is 0 Å². The number of rotatable bonds is 3. The summed E-state index contributed by atoms with van der Waals surface area (Å²) in [5.41, 5.74) is 1.67. The molecule has 1 N–H and O–H groups in total. The number of halogens is 1. The van der Waals surface area contributed by atoms with Crippen LogP contribution in [0.5, 0.6) is 0 Å². The van der Waals surface area contributed by atoms with Gasteiger partial charge in [0.1, 0.15) is 5.82 Å². The van der Waals surface area contributed by atoms with E-state index in [0.717, 1.165) is 25.9 Å². The summed E-state index contributed by atoms with van der Waals surface area (Å²) in [5.74, 6) is -0.224. The molecular weight excluding hydrogens is 241 g/mol. The van der Waals surface area contributed by atoms with Gasteiger partial charge in [-0.3, -0.25) is 0 Å². The number of aliphatic hydroxyl groups excluding tert-OH is 1. The normalized spacial score (nSPS) is 20.4. The summed E-state index contributed by atoms with van der Waals surface area (Å²) in [6.45, 7) is 7.95. The molecule has 1 aromatic carbocycles. The van der Waals surface area contributed by atoms with Crippen LogP contribution in [0.25, 0.3) is 0 Å². The van der Waals surface area contributed by atoms with E-state index < -0.39 is 6.10 Å². The van der Waals surface area contributed by atoms with Crippen LogP contribution in [-0.2, 0) is 0 Å². The van der Waals surface area contributed by atoms with Gasteiger partial charge in [0.2, 0.25) is 0 Å². The number of hydrogen-bond donors (Lipinski definition) is 1. The molecule has 0 aliphatic carbocycles. The minimum absolute atomic E-state index is 0.224. The lowest BCUT2D eigenvalue weighted by molar-refractivity contribution is 0.198. The highest BCUT2D eigenvalue weighted by molar-refractivity contribution is 5.56. The second-order valence-corrected chi connectivity index (χ2v) is 6.00. The van der Waals surface area contributed by atoms with E-state index in [1.807, 2.05) is 6.07 Å². The highest BCUT2D eigenvalue weighted by Crippen LogP contribution is 2.38. The van der Waals surface area contributed by atoms with Crippen LogP contribution in [-0.4, -0.2) is 18.2 Å². The molecule has 2 nitrogen and oxygen atoms in total. The first-order valence-corrected chi connectivity index (χ1v) is 7.18. The Hall–Kier alpha value is -1.09. The van der Waals surface area contributed by atoms with Crippen LogP contribution < -0.4 is 4.90 Å². The predicted octanol–water partition coefficient (Wildman–Crippen LogP) is 3.90. The SMILES string of the molecule is CCC1(C)CCN(c2c(F)cccc2[C@@H](C)O)CC1. The van der Waals surface area contributed by atoms with Crippen molar-refractivity contribution in [3.8, 4) is 0 Å². The van der Waals surface area contributed by atoms with E-state index in [1.165, 1.54) is 12.5 Å². The van der Waals surface area contributed by atoms with Crippen molar-refractivity contribution in [2.45, 2.75) is 46.1 Å². The van der Waals surface area contributed by atoms with Gasteiger partial charge in [0.25, 0.3) is 0 Å². The maximum Gasteiger partial charge on any atom is 0.146 e. The van der Waals surface area contributed by atoms with E-state index >= 15 is 0 Å². The van der Waals surface area contributed by atoms with Crippen molar-refractivity contribution >= 4 is 5.69 Å². The Morgan fingerprint density at radius 3 is 2.53 bits per heavy atom. The molecule has 1 fully saturated rings. The molecule has 19 heavy (non-hydrogen) atoms. The number of aliphatic hydroxyl groups is 1. The van der Waals surface area contributed by atoms with Gasteiger partial charge in [-0.15, -0.1) is 0 Å². The van der Waals surface area contributed by atoms with Gasteiger partial charge in [-0.2, -0.15) is 0 Å². The number of piperidine rings is 1. The van der Waals surface area contributed by atoms with E-state index in [0.29, 0.717) is 16.7 Å². The zero-order valence-electron chi connectivity index (χ0n) is 12.1. The zero-order valence-corrected chi connectivity index (χ0v) is 12.1. The van der Waals surface area contributed by atoms with Crippen LogP contribution in [0.15, 0.2) is 18.2 Å². The molecule has 0 amide bonds. The van der Waals surface area contributed by atoms with Gasteiger partial charge in [-0.1, -0.05) is 32.4 Å². The predicted molar refractivity (Wildman–Crippen MR) is 76.9 cm³/mol. The Labute approximate surface area is 115 Å². The smallest absolute Gasteiger partial charge is 0.146 e. The van der Waals surface area contributed by atoms with Crippen LogP contribution in [0, 0.1) is 11.2 Å². The minimum Gasteiger partial charge on any atom is -0.389 e. The first-order valence-electron chi connectivity index (χ1n) is 7.18. The highest BCUT2D eigenvalue weighted by Gasteiger charge is 2.30. The summed E-state index contributed by atoms with van der Waals surface area (Å²) in [6, 6.07) is 4.96. The summed E-state index contributed by atoms with van der Waals surface area (Å²) in [5, 5.41) is 9.82. The lowest BCUT2D eigenvalue weighted by atomic mass is 9.78. The summed E-state index contributed by atoms with van der Waals surface area (Å²) < 4.78 is 14.1. The molecule has 1 saturated heterocycles. The second-order valence-electron chi connectivity index (χ2n) is 6.00. The third-order valence-corrected chi connectivity index (χ3v) is 4.61. The minimum atomic E-state index is -0.634. The van der Waals surface area contributed by atoms with Crippen molar-refractivity contribution in [3.05, 3.63) is 29.6 Å². The number of nitrogens with zero attached hydrogens (tertiary/aromatic N) is 1. The molecule has 1 aromatic rings. The Morgan fingerprint density at radius 1 is 1.37 bits per heavy atom. The fourth-order valence-corrected chi connectivity index (χ4v) is 2.83. The highest BCUT2D eigenvalue weighted by atomic mass is 19.1. The van der Waals surface area contributed by atoms with E-state index in [1.54, 1.807) is 13.0 Å². The van der Waals surface area contributed by atoms with Crippen molar-refractivity contribution in [1.82, 2.24) is 0 Å². The molecule has 3 heteroatoms. The van der Waals surface area contributed by atoms with Gasteiger partial charge in [-0.05, 0) is 31.2 Å². The summed E-state index contributed by atoms with van der Waals surface area (Å²) in [7, 11) is 0. The molecule has 0 radical (unpaired) electrons. The fraction of sp³-hybridized carbons (Fsp3) is 0.625. The Morgan fingerprint density at radius 2 is 2.00 bits per heavy atom. The summed E-state index contributed by atoms with van der Waals surface area (Å²) >= 11 is 0. The first kappa shape index (κ1) is 14.3. The van der Waals surface area contributed by atoms with Crippen molar-refractivity contribution in [2.24, 2.45) is 5.41 Å². The van der Waals surface area contributed by atoms with Crippen LogP contribution in [0.3, 0.4) is 0 Å². The lowest BCUT2D eigenvalue weighted by Gasteiger charge is -2.41. The standard InChI is InChI=1S/C16H24FNO/c1-4-16(3)8-10-18(11-9-16)15-13(12(2)19)6-5-7-14(15)17/h5-7,12,19H,4,8-11H2,1-3H3/t12-/m1/s1. The summed E-state index contributed by atoms with van der Waals surface area (Å²) in [6.07, 6.45) is 2.69. The molecule has 0 saturated carbocycles. The van der Waals surface area contributed by atoms with Gasteiger partial charge in [0.05, 0.1) is 11.8 Å². The number of anilines is 1. The van der Waals surface area contributed by atoms with E-state index in [9.17, 15) is 9.50 Å². The van der Waals surface area contributed by atoms with Crippen molar-refractivity contribution in [3.63, 3.8) is 0 Å². The second kappa shape index (κ2) is 5.49. The summed E-state index contributed by atoms with van der Waals surface area (Å²) in [4.78, 5) is 2.09. The topological polar surface area (TPSA) is 23.5 Å². The van der Waals surface area contributed by atoms with Crippen molar-refractivity contribution < 1.29 is 9.50 Å². The molecule has 106 valence electrons. The van der Waals surface area contributed by atoms with Crippen LogP contribution in [0.4, 0.5) is 10.1 Å². The van der Waals surface area contributed by atoms with Gasteiger partial charge in [0, 0.05) is 18.7 Å². The van der Waals surface area contributed by atoms with E-state index in [-0.39, 0.29) is 5.82 Å². The van der Waals surface area contributed by atoms with Gasteiger partial charge in [-0.25, -0.2) is 4.39 Å².